The summed E-state index contributed by atoms with van der Waals surface area (Å²) in [6, 6.07) is 1.26. The van der Waals surface area contributed by atoms with Gasteiger partial charge in [-0.3, -0.25) is 9.59 Å². The molecule has 1 atom stereocenters. The van der Waals surface area contributed by atoms with Crippen LogP contribution in [-0.4, -0.2) is 64.3 Å². The Balaban J connectivity index is 1.64. The van der Waals surface area contributed by atoms with Gasteiger partial charge in [0.25, 0.3) is 5.56 Å². The molecule has 2 fully saturated rings. The zero-order chi connectivity index (χ0) is 16.7. The number of hydrogen-bond donors (Lipinski definition) is 0. The van der Waals surface area contributed by atoms with E-state index in [0.717, 1.165) is 19.4 Å². The predicted octanol–water partition coefficient (Wildman–Crippen LogP) is 0.287. The summed E-state index contributed by atoms with van der Waals surface area (Å²) in [6.45, 7) is 5.04. The zero-order valence-electron chi connectivity index (χ0n) is 13.5. The number of rotatable bonds is 2. The fraction of sp³-hybridized carbons (Fsp3) is 0.600. The summed E-state index contributed by atoms with van der Waals surface area (Å²) in [5.41, 5.74) is 0.493. The van der Waals surface area contributed by atoms with Crippen LogP contribution in [-0.2, 0) is 9.53 Å². The summed E-state index contributed by atoms with van der Waals surface area (Å²) in [7, 11) is 0. The van der Waals surface area contributed by atoms with Crippen LogP contribution in [0.3, 0.4) is 0 Å². The number of morpholine rings is 1. The van der Waals surface area contributed by atoms with E-state index in [1.165, 1.54) is 21.9 Å². The van der Waals surface area contributed by atoms with Gasteiger partial charge in [0, 0.05) is 31.4 Å². The third kappa shape index (κ3) is 2.67. The van der Waals surface area contributed by atoms with Gasteiger partial charge < -0.3 is 14.5 Å². The van der Waals surface area contributed by atoms with E-state index in [-0.39, 0.29) is 17.5 Å². The molecule has 2 aliphatic rings. The molecule has 1 amide bonds. The quantitative estimate of drug-likeness (QED) is 0.775. The second-order valence-corrected chi connectivity index (χ2v) is 7.04. The third-order valence-electron chi connectivity index (χ3n) is 4.47. The van der Waals surface area contributed by atoms with Crippen molar-refractivity contribution in [2.75, 3.05) is 37.7 Å². The Morgan fingerprint density at radius 3 is 2.92 bits per heavy atom. The number of hydrogen-bond acceptors (Lipinski definition) is 7. The van der Waals surface area contributed by atoms with Gasteiger partial charge in [-0.25, -0.2) is 4.98 Å². The molecule has 4 rings (SSSR count). The minimum absolute atomic E-state index is 0.131. The fourth-order valence-corrected chi connectivity index (χ4v) is 4.30. The van der Waals surface area contributed by atoms with Gasteiger partial charge >= 0.3 is 0 Å². The van der Waals surface area contributed by atoms with Gasteiger partial charge in [-0.1, -0.05) is 11.3 Å². The first-order chi connectivity index (χ1) is 11.6. The molecule has 0 bridgehead atoms. The topological polar surface area (TPSA) is 80.0 Å². The van der Waals surface area contributed by atoms with Crippen molar-refractivity contribution < 1.29 is 9.53 Å². The lowest BCUT2D eigenvalue weighted by atomic mass is 10.2. The normalized spacial score (nSPS) is 21.6. The molecular weight excluding hydrogens is 330 g/mol. The van der Waals surface area contributed by atoms with E-state index in [4.69, 9.17) is 4.74 Å². The number of aromatic nitrogens is 3. The Labute approximate surface area is 142 Å². The van der Waals surface area contributed by atoms with Gasteiger partial charge in [-0.15, -0.1) is 5.10 Å². The highest BCUT2D eigenvalue weighted by Gasteiger charge is 2.36. The summed E-state index contributed by atoms with van der Waals surface area (Å²) >= 11 is 1.36. The van der Waals surface area contributed by atoms with Crippen molar-refractivity contribution in [2.24, 2.45) is 0 Å². The number of carbonyl (C=O) groups is 1. The van der Waals surface area contributed by atoms with Gasteiger partial charge in [0.2, 0.25) is 16.0 Å². The minimum Gasteiger partial charge on any atom is -0.378 e. The van der Waals surface area contributed by atoms with Crippen molar-refractivity contribution in [3.8, 4) is 0 Å². The van der Waals surface area contributed by atoms with E-state index < -0.39 is 0 Å². The molecule has 0 unspecified atom stereocenters. The van der Waals surface area contributed by atoms with E-state index in [0.29, 0.717) is 42.1 Å². The van der Waals surface area contributed by atoms with Crippen LogP contribution in [0.5, 0.6) is 0 Å². The van der Waals surface area contributed by atoms with E-state index in [1.54, 1.807) is 6.92 Å². The Bertz CT molecular complexity index is 826. The van der Waals surface area contributed by atoms with E-state index in [2.05, 4.69) is 10.1 Å². The summed E-state index contributed by atoms with van der Waals surface area (Å²) < 4.78 is 6.65. The number of amides is 1. The Morgan fingerprint density at radius 2 is 2.12 bits per heavy atom. The molecule has 2 saturated heterocycles. The van der Waals surface area contributed by atoms with E-state index in [1.807, 2.05) is 9.80 Å². The first-order valence-corrected chi connectivity index (χ1v) is 8.96. The van der Waals surface area contributed by atoms with Gasteiger partial charge in [0.1, 0.15) is 6.04 Å². The van der Waals surface area contributed by atoms with Crippen LogP contribution in [0, 0.1) is 6.92 Å². The lowest BCUT2D eigenvalue weighted by Crippen LogP contribution is -2.49. The summed E-state index contributed by atoms with van der Waals surface area (Å²) in [5.74, 6) is 0.131. The SMILES string of the molecule is Cc1cc(=O)n2nc(N3CCC[C@H]3C(=O)N3CCOCC3)sc2n1. The summed E-state index contributed by atoms with van der Waals surface area (Å²) in [5, 5.41) is 5.09. The molecule has 0 aliphatic carbocycles. The molecule has 0 spiro atoms. The number of anilines is 1. The van der Waals surface area contributed by atoms with Crippen molar-refractivity contribution in [3.63, 3.8) is 0 Å². The molecule has 2 aromatic rings. The summed E-state index contributed by atoms with van der Waals surface area (Å²) in [6.07, 6.45) is 1.76. The first-order valence-electron chi connectivity index (χ1n) is 8.14. The van der Waals surface area contributed by atoms with E-state index in [9.17, 15) is 9.59 Å². The molecule has 0 N–H and O–H groups in total. The Hall–Kier alpha value is -2.00. The van der Waals surface area contributed by atoms with Crippen molar-refractivity contribution >= 4 is 27.3 Å². The maximum absolute atomic E-state index is 12.8. The zero-order valence-corrected chi connectivity index (χ0v) is 14.3. The van der Waals surface area contributed by atoms with E-state index >= 15 is 0 Å². The highest BCUT2D eigenvalue weighted by Crippen LogP contribution is 2.30. The lowest BCUT2D eigenvalue weighted by molar-refractivity contribution is -0.136. The maximum atomic E-state index is 12.8. The highest BCUT2D eigenvalue weighted by atomic mass is 32.1. The van der Waals surface area contributed by atoms with Crippen LogP contribution in [0.25, 0.3) is 4.96 Å². The average Bonchev–Trinajstić information content (AvgIpc) is 3.21. The summed E-state index contributed by atoms with van der Waals surface area (Å²) in [4.78, 5) is 33.7. The van der Waals surface area contributed by atoms with Crippen molar-refractivity contribution in [3.05, 3.63) is 22.1 Å². The monoisotopic (exact) mass is 349 g/mol. The first kappa shape index (κ1) is 15.5. The molecule has 0 aromatic carbocycles. The highest BCUT2D eigenvalue weighted by molar-refractivity contribution is 7.20. The predicted molar refractivity (Wildman–Crippen MR) is 89.6 cm³/mol. The second kappa shape index (κ2) is 6.14. The third-order valence-corrected chi connectivity index (χ3v) is 5.41. The second-order valence-electron chi connectivity index (χ2n) is 6.10. The minimum atomic E-state index is -0.208. The number of fused-ring (bicyclic) bond motifs is 1. The molecule has 2 aliphatic heterocycles. The van der Waals surface area contributed by atoms with Crippen LogP contribution in [0.2, 0.25) is 0 Å². The molecule has 128 valence electrons. The molecule has 8 nitrogen and oxygen atoms in total. The van der Waals surface area contributed by atoms with Crippen LogP contribution >= 0.6 is 11.3 Å². The molecule has 0 radical (unpaired) electrons. The van der Waals surface area contributed by atoms with Gasteiger partial charge in [0.05, 0.1) is 13.2 Å². The number of aryl methyl sites for hydroxylation is 1. The van der Waals surface area contributed by atoms with Crippen molar-refractivity contribution in [1.29, 1.82) is 0 Å². The average molecular weight is 349 g/mol. The molecule has 24 heavy (non-hydrogen) atoms. The lowest BCUT2D eigenvalue weighted by Gasteiger charge is -2.32. The Kier molecular flexibility index (Phi) is 3.97. The standard InChI is InChI=1S/C15H19N5O3S/c1-10-9-12(21)20-14(16-10)24-15(17-20)19-4-2-3-11(19)13(22)18-5-7-23-8-6-18/h9,11H,2-8H2,1H3/t11-/m0/s1. The molecule has 9 heteroatoms. The number of ether oxygens (including phenoxy) is 1. The molecule has 0 saturated carbocycles. The Morgan fingerprint density at radius 1 is 1.33 bits per heavy atom. The molecular formula is C15H19N5O3S. The van der Waals surface area contributed by atoms with Crippen LogP contribution < -0.4 is 10.5 Å². The number of nitrogens with zero attached hydrogens (tertiary/aromatic N) is 5. The van der Waals surface area contributed by atoms with Crippen LogP contribution in [0.1, 0.15) is 18.5 Å². The van der Waals surface area contributed by atoms with Gasteiger partial charge in [-0.05, 0) is 19.8 Å². The van der Waals surface area contributed by atoms with Crippen LogP contribution in [0.4, 0.5) is 5.13 Å². The fourth-order valence-electron chi connectivity index (χ4n) is 3.27. The molecule has 4 heterocycles. The van der Waals surface area contributed by atoms with Gasteiger partial charge in [-0.2, -0.15) is 4.52 Å². The van der Waals surface area contributed by atoms with Crippen molar-refractivity contribution in [1.82, 2.24) is 19.5 Å². The maximum Gasteiger partial charge on any atom is 0.275 e. The van der Waals surface area contributed by atoms with Gasteiger partial charge in [0.15, 0.2) is 0 Å². The molecule has 2 aromatic heterocycles. The smallest absolute Gasteiger partial charge is 0.275 e. The van der Waals surface area contributed by atoms with Crippen molar-refractivity contribution in [2.45, 2.75) is 25.8 Å². The number of carbonyl (C=O) groups excluding carboxylic acids is 1. The largest absolute Gasteiger partial charge is 0.378 e. The van der Waals surface area contributed by atoms with Crippen LogP contribution in [0.15, 0.2) is 10.9 Å².